The number of nitro benzene ring substituents is 1. The molecule has 19 heavy (non-hydrogen) atoms. The van der Waals surface area contributed by atoms with Crippen LogP contribution in [0.4, 0.5) is 5.69 Å². The molecule has 1 rings (SSSR count). The van der Waals surface area contributed by atoms with Gasteiger partial charge in [-0.1, -0.05) is 6.92 Å². The van der Waals surface area contributed by atoms with Crippen LogP contribution < -0.4 is 5.32 Å². The number of amides is 1. The van der Waals surface area contributed by atoms with Crippen LogP contribution in [0, 0.1) is 10.1 Å². The number of nitrogens with zero attached hydrogens (tertiary/aromatic N) is 1. The summed E-state index contributed by atoms with van der Waals surface area (Å²) >= 11 is 1.28. The number of carbonyl (C=O) groups is 1. The van der Waals surface area contributed by atoms with Crippen LogP contribution in [0.25, 0.3) is 0 Å². The van der Waals surface area contributed by atoms with Crippen LogP contribution >= 0.6 is 11.8 Å². The molecule has 1 atom stereocenters. The van der Waals surface area contributed by atoms with Crippen molar-refractivity contribution in [2.24, 2.45) is 0 Å². The van der Waals surface area contributed by atoms with E-state index >= 15 is 0 Å². The molecular weight excluding hydrogens is 268 g/mol. The fraction of sp³-hybridized carbons (Fsp3) is 0.417. The Hall–Kier alpha value is -1.60. The Morgan fingerprint density at radius 1 is 1.58 bits per heavy atom. The number of carbonyl (C=O) groups excluding carboxylic acids is 1. The molecule has 0 aliphatic heterocycles. The van der Waals surface area contributed by atoms with Crippen molar-refractivity contribution in [2.45, 2.75) is 23.5 Å². The zero-order valence-electron chi connectivity index (χ0n) is 10.8. The summed E-state index contributed by atoms with van der Waals surface area (Å²) in [4.78, 5) is 22.4. The van der Waals surface area contributed by atoms with Gasteiger partial charge in [0.05, 0.1) is 9.82 Å². The van der Waals surface area contributed by atoms with Crippen molar-refractivity contribution in [1.29, 1.82) is 0 Å². The Labute approximate surface area is 115 Å². The summed E-state index contributed by atoms with van der Waals surface area (Å²) in [7, 11) is 1.50. The summed E-state index contributed by atoms with van der Waals surface area (Å²) in [6, 6.07) is 4.27. The molecule has 0 aromatic heterocycles. The van der Waals surface area contributed by atoms with Crippen molar-refractivity contribution < 1.29 is 14.8 Å². The van der Waals surface area contributed by atoms with Crippen molar-refractivity contribution in [3.63, 3.8) is 0 Å². The average molecular weight is 284 g/mol. The van der Waals surface area contributed by atoms with Gasteiger partial charge in [-0.05, 0) is 18.6 Å². The molecule has 7 heteroatoms. The van der Waals surface area contributed by atoms with Crippen LogP contribution in [0.5, 0.6) is 0 Å². The number of rotatable bonds is 6. The van der Waals surface area contributed by atoms with Gasteiger partial charge in [0.15, 0.2) is 0 Å². The molecule has 0 spiro atoms. The van der Waals surface area contributed by atoms with Crippen molar-refractivity contribution in [3.05, 3.63) is 33.9 Å². The van der Waals surface area contributed by atoms with E-state index in [0.717, 1.165) is 0 Å². The third kappa shape index (κ3) is 4.22. The average Bonchev–Trinajstić information content (AvgIpc) is 2.37. The van der Waals surface area contributed by atoms with E-state index in [1.54, 1.807) is 0 Å². The molecule has 2 N–H and O–H groups in total. The molecule has 0 aliphatic rings. The summed E-state index contributed by atoms with van der Waals surface area (Å²) in [5, 5.41) is 22.3. The predicted octanol–water partition coefficient (Wildman–Crippen LogP) is 1.82. The van der Waals surface area contributed by atoms with Crippen LogP contribution in [0.3, 0.4) is 0 Å². The first-order valence-corrected chi connectivity index (χ1v) is 6.65. The quantitative estimate of drug-likeness (QED) is 0.472. The number of thioether (sulfide) groups is 1. The molecular formula is C12H16N2O4S. The molecule has 0 heterocycles. The number of benzene rings is 1. The lowest BCUT2D eigenvalue weighted by molar-refractivity contribution is -0.387. The van der Waals surface area contributed by atoms with Crippen LogP contribution in [0.1, 0.15) is 23.7 Å². The highest BCUT2D eigenvalue weighted by Crippen LogP contribution is 2.33. The minimum Gasteiger partial charge on any atom is -0.396 e. The first kappa shape index (κ1) is 15.5. The number of aliphatic hydroxyl groups excluding tert-OH is 1. The highest BCUT2D eigenvalue weighted by atomic mass is 32.2. The lowest BCUT2D eigenvalue weighted by Gasteiger charge is -2.10. The van der Waals surface area contributed by atoms with Gasteiger partial charge in [0.1, 0.15) is 0 Å². The molecule has 0 bridgehead atoms. The van der Waals surface area contributed by atoms with E-state index in [-0.39, 0.29) is 23.5 Å². The normalized spacial score (nSPS) is 11.9. The maximum Gasteiger partial charge on any atom is 0.282 e. The fourth-order valence-electron chi connectivity index (χ4n) is 1.50. The minimum absolute atomic E-state index is 0.0249. The Kier molecular flexibility index (Phi) is 5.78. The molecule has 0 aliphatic carbocycles. The summed E-state index contributed by atoms with van der Waals surface area (Å²) < 4.78 is 0. The van der Waals surface area contributed by atoms with E-state index in [1.165, 1.54) is 37.0 Å². The van der Waals surface area contributed by atoms with Gasteiger partial charge in [0.25, 0.3) is 11.6 Å². The maximum atomic E-state index is 11.5. The van der Waals surface area contributed by atoms with Crippen molar-refractivity contribution >= 4 is 23.4 Å². The van der Waals surface area contributed by atoms with Gasteiger partial charge in [0.2, 0.25) is 0 Å². The van der Waals surface area contributed by atoms with E-state index in [9.17, 15) is 14.9 Å². The number of nitrogens with one attached hydrogen (secondary N) is 1. The number of hydrogen-bond donors (Lipinski definition) is 2. The molecule has 6 nitrogen and oxygen atoms in total. The van der Waals surface area contributed by atoms with E-state index in [0.29, 0.717) is 16.9 Å². The van der Waals surface area contributed by atoms with Gasteiger partial charge >= 0.3 is 0 Å². The Balaban J connectivity index is 3.08. The standard InChI is InChI=1S/C12H16N2O4S/c1-8(5-6-15)19-11-7-9(12(16)13-2)3-4-10(11)14(17)18/h3-4,7-8,15H,5-6H2,1-2H3,(H,13,16). The van der Waals surface area contributed by atoms with Gasteiger partial charge in [0, 0.05) is 30.5 Å². The molecule has 1 amide bonds. The first-order chi connectivity index (χ1) is 8.99. The molecule has 0 radical (unpaired) electrons. The number of aliphatic hydroxyl groups is 1. The second-order valence-electron chi connectivity index (χ2n) is 3.96. The Morgan fingerprint density at radius 2 is 2.26 bits per heavy atom. The highest BCUT2D eigenvalue weighted by molar-refractivity contribution is 8.00. The van der Waals surface area contributed by atoms with Gasteiger partial charge in [-0.25, -0.2) is 0 Å². The smallest absolute Gasteiger partial charge is 0.282 e. The zero-order valence-corrected chi connectivity index (χ0v) is 11.6. The Bertz CT molecular complexity index is 479. The summed E-state index contributed by atoms with van der Waals surface area (Å²) in [6.07, 6.45) is 0.534. The van der Waals surface area contributed by atoms with Crippen LogP contribution in [0.2, 0.25) is 0 Å². The van der Waals surface area contributed by atoms with Crippen molar-refractivity contribution in [1.82, 2.24) is 5.32 Å². The second-order valence-corrected chi connectivity index (χ2v) is 5.44. The fourth-order valence-corrected chi connectivity index (χ4v) is 2.62. The molecule has 0 saturated heterocycles. The summed E-state index contributed by atoms with van der Waals surface area (Å²) in [5.41, 5.74) is 0.356. The van der Waals surface area contributed by atoms with Gasteiger partial charge in [-0.15, -0.1) is 11.8 Å². The second kappa shape index (κ2) is 7.10. The maximum absolute atomic E-state index is 11.5. The molecule has 0 saturated carbocycles. The lowest BCUT2D eigenvalue weighted by atomic mass is 10.2. The van der Waals surface area contributed by atoms with Crippen molar-refractivity contribution in [3.8, 4) is 0 Å². The van der Waals surface area contributed by atoms with E-state index < -0.39 is 4.92 Å². The van der Waals surface area contributed by atoms with Gasteiger partial charge < -0.3 is 10.4 Å². The van der Waals surface area contributed by atoms with E-state index in [1.807, 2.05) is 6.92 Å². The summed E-state index contributed by atoms with van der Waals surface area (Å²) in [5.74, 6) is -0.286. The molecule has 1 aromatic carbocycles. The molecule has 0 fully saturated rings. The molecule has 1 unspecified atom stereocenters. The highest BCUT2D eigenvalue weighted by Gasteiger charge is 2.18. The zero-order chi connectivity index (χ0) is 14.4. The molecule has 1 aromatic rings. The van der Waals surface area contributed by atoms with Crippen LogP contribution in [0.15, 0.2) is 23.1 Å². The SMILES string of the molecule is CNC(=O)c1ccc([N+](=O)[O-])c(SC(C)CCO)c1. The van der Waals surface area contributed by atoms with Crippen LogP contribution in [-0.2, 0) is 0 Å². The minimum atomic E-state index is -0.471. The largest absolute Gasteiger partial charge is 0.396 e. The third-order valence-electron chi connectivity index (χ3n) is 2.51. The van der Waals surface area contributed by atoms with Gasteiger partial charge in [-0.3, -0.25) is 14.9 Å². The first-order valence-electron chi connectivity index (χ1n) is 5.77. The summed E-state index contributed by atoms with van der Waals surface area (Å²) in [6.45, 7) is 1.90. The third-order valence-corrected chi connectivity index (χ3v) is 3.73. The van der Waals surface area contributed by atoms with Crippen LogP contribution in [-0.4, -0.2) is 34.8 Å². The lowest BCUT2D eigenvalue weighted by Crippen LogP contribution is -2.17. The van der Waals surface area contributed by atoms with Gasteiger partial charge in [-0.2, -0.15) is 0 Å². The molecule has 104 valence electrons. The van der Waals surface area contributed by atoms with E-state index in [4.69, 9.17) is 5.11 Å². The number of nitro groups is 1. The van der Waals surface area contributed by atoms with Crippen molar-refractivity contribution in [2.75, 3.05) is 13.7 Å². The van der Waals surface area contributed by atoms with E-state index in [2.05, 4.69) is 5.32 Å². The Morgan fingerprint density at radius 3 is 2.79 bits per heavy atom. The topological polar surface area (TPSA) is 92.5 Å². The monoisotopic (exact) mass is 284 g/mol. The predicted molar refractivity (Wildman–Crippen MR) is 73.5 cm³/mol. The number of hydrogen-bond acceptors (Lipinski definition) is 5.